The van der Waals surface area contributed by atoms with Gasteiger partial charge in [0.15, 0.2) is 11.5 Å². The summed E-state index contributed by atoms with van der Waals surface area (Å²) in [5.41, 5.74) is 1.87. The average molecular weight is 1100 g/mol. The van der Waals surface area contributed by atoms with Gasteiger partial charge >= 0.3 is 18.1 Å². The molecule has 1 amide bonds. The topological polar surface area (TPSA) is 274 Å². The van der Waals surface area contributed by atoms with E-state index >= 15 is 0 Å². The molecule has 22 heteroatoms. The first-order valence-corrected chi connectivity index (χ1v) is 26.1. The number of Topliss-reactive ketones (excluding diaryl/α,β-unsaturated/α-hetero) is 1. The number of aromatic nitrogens is 1. The van der Waals surface area contributed by atoms with E-state index in [1.54, 1.807) is 51.3 Å². The number of carbonyl (C=O) groups excluding carboxylic acids is 5. The number of nitrogens with zero attached hydrogens (tertiary/aromatic N) is 1. The monoisotopic (exact) mass is 1100 g/mol. The number of aliphatic hydroxyl groups excluding tert-OH is 1. The summed E-state index contributed by atoms with van der Waals surface area (Å²) in [5.74, 6) is -2.22. The summed E-state index contributed by atoms with van der Waals surface area (Å²) < 4.78 is 69.3. The van der Waals surface area contributed by atoms with Crippen LogP contribution in [0.25, 0.3) is 17.2 Å². The van der Waals surface area contributed by atoms with E-state index in [-0.39, 0.29) is 66.5 Å². The molecule has 22 nitrogen and oxygen atoms in total. The molecular formula is C56H77N3O19. The second-order valence-electron chi connectivity index (χ2n) is 17.8. The van der Waals surface area contributed by atoms with Crippen LogP contribution in [0.5, 0.6) is 0 Å². The number of nitrogens with one attached hydrogen (secondary N) is 2. The molecule has 1 fully saturated rings. The molecule has 1 atom stereocenters. The first-order chi connectivity index (χ1) is 37.8. The number of hydrogen-bond acceptors (Lipinski definition) is 21. The number of aliphatic hydroxyl groups is 1. The first-order valence-electron chi connectivity index (χ1n) is 26.1. The minimum atomic E-state index is -1.43. The fraction of sp³-hybridized carbons (Fsp3) is 0.554. The second kappa shape index (κ2) is 37.7. The van der Waals surface area contributed by atoms with Gasteiger partial charge in [0, 0.05) is 43.8 Å². The third-order valence-electron chi connectivity index (χ3n) is 11.2. The summed E-state index contributed by atoms with van der Waals surface area (Å²) in [6.07, 6.45) is 0.0517. The van der Waals surface area contributed by atoms with Crippen LogP contribution in [0.1, 0.15) is 93.6 Å². The van der Waals surface area contributed by atoms with E-state index in [9.17, 15) is 29.1 Å². The molecule has 1 aromatic heterocycles. The van der Waals surface area contributed by atoms with Gasteiger partial charge in [0.2, 0.25) is 6.29 Å². The van der Waals surface area contributed by atoms with Gasteiger partial charge in [-0.2, -0.15) is 0 Å². The van der Waals surface area contributed by atoms with Crippen molar-refractivity contribution in [2.75, 3.05) is 133 Å². The molecule has 2 aromatic carbocycles. The van der Waals surface area contributed by atoms with Crippen molar-refractivity contribution in [3.8, 4) is 11.1 Å². The van der Waals surface area contributed by atoms with Gasteiger partial charge in [0.25, 0.3) is 5.91 Å². The molecule has 0 aliphatic heterocycles. The van der Waals surface area contributed by atoms with Crippen LogP contribution in [0, 0.1) is 11.3 Å². The molecule has 0 saturated heterocycles. The van der Waals surface area contributed by atoms with Gasteiger partial charge < -0.3 is 77.4 Å². The lowest BCUT2D eigenvalue weighted by Gasteiger charge is -2.18. The minimum absolute atomic E-state index is 0.00648. The third-order valence-corrected chi connectivity index (χ3v) is 11.2. The van der Waals surface area contributed by atoms with Crippen LogP contribution in [-0.2, 0) is 79.4 Å². The van der Waals surface area contributed by atoms with Crippen molar-refractivity contribution in [3.63, 3.8) is 0 Å². The molecule has 3 N–H and O–H groups in total. The molecule has 0 radical (unpaired) electrons. The maximum atomic E-state index is 14.3. The fourth-order valence-corrected chi connectivity index (χ4v) is 7.04. The highest BCUT2D eigenvalue weighted by Gasteiger charge is 2.28. The number of carbonyl (C=O) groups is 5. The zero-order valence-corrected chi connectivity index (χ0v) is 45.3. The lowest BCUT2D eigenvalue weighted by molar-refractivity contribution is -0.143. The average Bonchev–Trinajstić information content (AvgIpc) is 4.26. The maximum Gasteiger partial charge on any atom is 0.511 e. The minimum Gasteiger partial charge on any atom is -0.463 e. The van der Waals surface area contributed by atoms with Crippen LogP contribution in [0.15, 0.2) is 55.1 Å². The van der Waals surface area contributed by atoms with Crippen LogP contribution in [-0.4, -0.2) is 191 Å². The zero-order chi connectivity index (χ0) is 56.3. The van der Waals surface area contributed by atoms with Gasteiger partial charge in [0.1, 0.15) is 12.3 Å². The summed E-state index contributed by atoms with van der Waals surface area (Å²) in [6.45, 7) is 15.7. The molecule has 1 saturated carbocycles. The quantitative estimate of drug-likeness (QED) is 0.0155. The number of benzene rings is 2. The molecule has 1 unspecified atom stereocenters. The van der Waals surface area contributed by atoms with Crippen molar-refractivity contribution in [2.24, 2.45) is 5.92 Å². The van der Waals surface area contributed by atoms with Gasteiger partial charge in [-0.15, -0.1) is 0 Å². The van der Waals surface area contributed by atoms with Gasteiger partial charge in [-0.3, -0.25) is 14.4 Å². The van der Waals surface area contributed by atoms with Crippen LogP contribution >= 0.6 is 0 Å². The number of esters is 2. The van der Waals surface area contributed by atoms with Crippen LogP contribution in [0.3, 0.4) is 0 Å². The summed E-state index contributed by atoms with van der Waals surface area (Å²) in [5, 5.41) is 21.7. The van der Waals surface area contributed by atoms with Crippen LogP contribution in [0.4, 0.5) is 4.79 Å². The standard InChI is InChI=1S/C56H77N3O19/c1-6-43-34-48(47(35-45(43)38-60)46-13-14-50(54(63)58-37-42-7-8-42)59-53(46)55(64)77-40(4)78-56(65)76-39(2)3)51(61)33-41-9-11-44(12-10-41)49(57)36-52(62)75-32-31-74-30-29-73-28-27-72-26-25-71-24-23-70-22-21-69-20-19-68-18-17-67-16-15-66-5/h6,9-14,34-35,39-40,42,57,60H,1,7-8,15-33,36-38H2,2-5H3,(H,58,63). The fourth-order valence-electron chi connectivity index (χ4n) is 7.04. The molecule has 1 aliphatic carbocycles. The Bertz CT molecular complexity index is 2320. The zero-order valence-electron chi connectivity index (χ0n) is 45.3. The van der Waals surface area contributed by atoms with E-state index in [2.05, 4.69) is 16.9 Å². The number of methoxy groups -OCH3 is 1. The van der Waals surface area contributed by atoms with Gasteiger partial charge in [0.05, 0.1) is 131 Å². The normalized spacial score (nSPS) is 12.5. The highest BCUT2D eigenvalue weighted by Crippen LogP contribution is 2.33. The third kappa shape index (κ3) is 25.6. The van der Waals surface area contributed by atoms with E-state index < -0.39 is 48.8 Å². The molecule has 0 spiro atoms. The van der Waals surface area contributed by atoms with Crippen molar-refractivity contribution in [2.45, 2.75) is 65.5 Å². The molecule has 4 rings (SSSR count). The molecule has 1 aliphatic rings. The van der Waals surface area contributed by atoms with Crippen LogP contribution < -0.4 is 5.32 Å². The number of ketones is 1. The number of ether oxygens (including phenoxy) is 13. The number of rotatable bonds is 43. The van der Waals surface area contributed by atoms with E-state index in [1.165, 1.54) is 31.2 Å². The summed E-state index contributed by atoms with van der Waals surface area (Å²) in [4.78, 5) is 70.4. The Hall–Kier alpha value is -6.05. The lowest BCUT2D eigenvalue weighted by atomic mass is 9.89. The van der Waals surface area contributed by atoms with E-state index in [0.29, 0.717) is 134 Å². The number of pyridine rings is 1. The molecule has 1 heterocycles. The Morgan fingerprint density at radius 1 is 0.692 bits per heavy atom. The van der Waals surface area contributed by atoms with Gasteiger partial charge in [-0.25, -0.2) is 14.6 Å². The summed E-state index contributed by atoms with van der Waals surface area (Å²) >= 11 is 0. The Kier molecular flexibility index (Phi) is 31.2. The summed E-state index contributed by atoms with van der Waals surface area (Å²) in [6, 6.07) is 12.5. The largest absolute Gasteiger partial charge is 0.511 e. The highest BCUT2D eigenvalue weighted by molar-refractivity contribution is 6.09. The Labute approximate surface area is 456 Å². The predicted molar refractivity (Wildman–Crippen MR) is 284 cm³/mol. The molecular weight excluding hydrogens is 1020 g/mol. The second-order valence-corrected chi connectivity index (χ2v) is 17.8. The van der Waals surface area contributed by atoms with Crippen molar-refractivity contribution in [1.29, 1.82) is 5.41 Å². The highest BCUT2D eigenvalue weighted by atomic mass is 16.8. The van der Waals surface area contributed by atoms with Crippen molar-refractivity contribution < 1.29 is 90.7 Å². The number of amides is 1. The number of hydrogen-bond donors (Lipinski definition) is 3. The molecule has 78 heavy (non-hydrogen) atoms. The van der Waals surface area contributed by atoms with E-state index in [0.717, 1.165) is 12.8 Å². The van der Waals surface area contributed by atoms with E-state index in [4.69, 9.17) is 67.0 Å². The summed E-state index contributed by atoms with van der Waals surface area (Å²) in [7, 11) is 1.63. The predicted octanol–water partition coefficient (Wildman–Crippen LogP) is 5.59. The van der Waals surface area contributed by atoms with E-state index in [1.807, 2.05) is 0 Å². The van der Waals surface area contributed by atoms with Crippen LogP contribution in [0.2, 0.25) is 0 Å². The Balaban J connectivity index is 1.16. The lowest BCUT2D eigenvalue weighted by Crippen LogP contribution is -2.28. The van der Waals surface area contributed by atoms with Gasteiger partial charge in [-0.1, -0.05) is 36.9 Å². The van der Waals surface area contributed by atoms with Crippen molar-refractivity contribution in [1.82, 2.24) is 10.3 Å². The van der Waals surface area contributed by atoms with Gasteiger partial charge in [-0.05, 0) is 84.7 Å². The molecule has 3 aromatic rings. The Morgan fingerprint density at radius 2 is 1.22 bits per heavy atom. The van der Waals surface area contributed by atoms with Crippen molar-refractivity contribution >= 4 is 41.6 Å². The Morgan fingerprint density at radius 3 is 1.71 bits per heavy atom. The maximum absolute atomic E-state index is 14.3. The SMILES string of the molecule is C=Cc1cc(C(=O)Cc2ccc(C(=N)CC(=O)OCCOCCOCCOCCOCCOCCOCCOCCOCCOC)cc2)c(-c2ccc(C(=O)NCC3CC3)nc2C(=O)OC(C)OC(=O)OC(C)C)cc1CO. The molecule has 0 bridgehead atoms. The van der Waals surface area contributed by atoms with Crippen molar-refractivity contribution in [3.05, 3.63) is 94.3 Å². The first kappa shape index (κ1) is 64.5. The molecule has 430 valence electrons. The smallest absolute Gasteiger partial charge is 0.463 e.